The number of hydrogen-bond donors (Lipinski definition) is 4. The van der Waals surface area contributed by atoms with Gasteiger partial charge in [0, 0.05) is 0 Å². The topological polar surface area (TPSA) is 195 Å². The summed E-state index contributed by atoms with van der Waals surface area (Å²) in [5.74, 6) is -3.84. The molecule has 0 aliphatic rings. The van der Waals surface area contributed by atoms with Crippen LogP contribution in [0.5, 0.6) is 0 Å². The highest BCUT2D eigenvalue weighted by Crippen LogP contribution is 2.29. The maximum atomic E-state index is 11.3. The molecule has 0 bridgehead atoms. The number of carboxylic acids is 2. The predicted octanol–water partition coefficient (Wildman–Crippen LogP) is 0.0858. The molecule has 0 aromatic heterocycles. The first kappa shape index (κ1) is 24.8. The Morgan fingerprint density at radius 2 is 1.00 bits per heavy atom. The molecule has 0 aliphatic heterocycles. The Balaban J connectivity index is 4.53. The van der Waals surface area contributed by atoms with E-state index in [0.29, 0.717) is 25.7 Å². The van der Waals surface area contributed by atoms with E-state index in [0.717, 1.165) is 0 Å². The lowest BCUT2D eigenvalue weighted by molar-refractivity contribution is -0.148. The minimum atomic E-state index is -3.94. The van der Waals surface area contributed by atoms with Crippen LogP contribution in [0.2, 0.25) is 0 Å². The van der Waals surface area contributed by atoms with Crippen LogP contribution in [0.1, 0.15) is 52.4 Å². The van der Waals surface area contributed by atoms with E-state index in [9.17, 15) is 36.6 Å². The van der Waals surface area contributed by atoms with E-state index in [-0.39, 0.29) is 12.8 Å². The number of hydrogen-bond acceptors (Lipinski definition) is 6. The van der Waals surface area contributed by atoms with Gasteiger partial charge in [-0.1, -0.05) is 25.7 Å². The molecule has 154 valence electrons. The third-order valence-corrected chi connectivity index (χ3v) is 6.36. The van der Waals surface area contributed by atoms with Crippen LogP contribution in [0.15, 0.2) is 0 Å². The molecule has 12 heteroatoms. The molecule has 2 unspecified atom stereocenters. The van der Waals surface area contributed by atoms with Gasteiger partial charge in [-0.3, -0.25) is 9.59 Å². The van der Waals surface area contributed by atoms with Gasteiger partial charge in [-0.15, -0.1) is 0 Å². The van der Waals surface area contributed by atoms with Crippen LogP contribution in [0, 0.1) is 10.8 Å². The first-order chi connectivity index (χ1) is 11.5. The molecule has 0 heterocycles. The largest absolute Gasteiger partial charge is 0.481 e. The van der Waals surface area contributed by atoms with Crippen LogP contribution in [0.4, 0.5) is 0 Å². The van der Waals surface area contributed by atoms with Crippen molar-refractivity contribution in [2.75, 3.05) is 11.5 Å². The van der Waals surface area contributed by atoms with Crippen molar-refractivity contribution in [1.29, 1.82) is 0 Å². The highest BCUT2D eigenvalue weighted by atomic mass is 32.2. The SMILES string of the molecule is CC(CCCCCCC(C)(CS(N)(=O)=O)C(=O)O)(CS(N)(=O)=O)C(=O)O. The zero-order valence-electron chi connectivity index (χ0n) is 15.0. The number of aliphatic carboxylic acids is 2. The average molecular weight is 417 g/mol. The summed E-state index contributed by atoms with van der Waals surface area (Å²) in [6.07, 6.45) is 2.12. The highest BCUT2D eigenvalue weighted by molar-refractivity contribution is 7.89. The second-order valence-corrected chi connectivity index (χ2v) is 10.5. The summed E-state index contributed by atoms with van der Waals surface area (Å²) in [6, 6.07) is 0. The highest BCUT2D eigenvalue weighted by Gasteiger charge is 2.37. The Morgan fingerprint density at radius 1 is 0.731 bits per heavy atom. The van der Waals surface area contributed by atoms with Gasteiger partial charge in [0.1, 0.15) is 0 Å². The first-order valence-electron chi connectivity index (χ1n) is 7.99. The van der Waals surface area contributed by atoms with Gasteiger partial charge in [0.15, 0.2) is 0 Å². The lowest BCUT2D eigenvalue weighted by Gasteiger charge is -2.24. The molecular formula is C14H28N2O8S2. The lowest BCUT2D eigenvalue weighted by Crippen LogP contribution is -2.38. The van der Waals surface area contributed by atoms with Gasteiger partial charge in [-0.2, -0.15) is 0 Å². The van der Waals surface area contributed by atoms with E-state index in [1.54, 1.807) is 0 Å². The summed E-state index contributed by atoms with van der Waals surface area (Å²) >= 11 is 0. The van der Waals surface area contributed by atoms with Crippen molar-refractivity contribution in [2.45, 2.75) is 52.4 Å². The molecule has 0 aliphatic carbocycles. The third-order valence-electron chi connectivity index (χ3n) is 4.28. The zero-order chi connectivity index (χ0) is 20.8. The Morgan fingerprint density at radius 3 is 1.19 bits per heavy atom. The normalized spacial score (nSPS) is 17.2. The van der Waals surface area contributed by atoms with Crippen LogP contribution in [0.3, 0.4) is 0 Å². The number of nitrogens with two attached hydrogens (primary N) is 2. The molecule has 0 aromatic carbocycles. The van der Waals surface area contributed by atoms with E-state index in [4.69, 9.17) is 10.3 Å². The van der Waals surface area contributed by atoms with E-state index in [1.165, 1.54) is 13.8 Å². The summed E-state index contributed by atoms with van der Waals surface area (Å²) in [6.45, 7) is 2.63. The molecule has 0 amide bonds. The standard InChI is InChI=1S/C14H28N2O8S2/c1-13(11(17)18,9-25(15,21)22)7-5-3-4-6-8-14(2,12(19)20)10-26(16,23)24/h3-10H2,1-2H3,(H,17,18)(H,19,20)(H2,15,21,22)(H2,16,23,24). The fourth-order valence-electron chi connectivity index (χ4n) is 2.75. The molecule has 26 heavy (non-hydrogen) atoms. The molecule has 0 saturated heterocycles. The van der Waals surface area contributed by atoms with Crippen LogP contribution >= 0.6 is 0 Å². The maximum absolute atomic E-state index is 11.3. The predicted molar refractivity (Wildman–Crippen MR) is 95.1 cm³/mol. The molecule has 2 atom stereocenters. The second kappa shape index (κ2) is 9.11. The number of carbonyl (C=O) groups is 2. The molecule has 6 N–H and O–H groups in total. The number of rotatable bonds is 13. The monoisotopic (exact) mass is 416 g/mol. The van der Waals surface area contributed by atoms with Crippen LogP contribution in [-0.2, 0) is 29.6 Å². The maximum Gasteiger partial charge on any atom is 0.310 e. The molecule has 0 aromatic rings. The lowest BCUT2D eigenvalue weighted by atomic mass is 9.85. The quantitative estimate of drug-likeness (QED) is 0.303. The fraction of sp³-hybridized carbons (Fsp3) is 0.857. The number of sulfonamides is 2. The van der Waals surface area contributed by atoms with Crippen molar-refractivity contribution >= 4 is 32.0 Å². The fourth-order valence-corrected chi connectivity index (χ4v) is 5.07. The van der Waals surface area contributed by atoms with Gasteiger partial charge in [0.2, 0.25) is 20.0 Å². The molecular weight excluding hydrogens is 388 g/mol. The second-order valence-electron chi connectivity index (χ2n) is 7.26. The van der Waals surface area contributed by atoms with Crippen LogP contribution < -0.4 is 10.3 Å². The summed E-state index contributed by atoms with van der Waals surface area (Å²) in [7, 11) is -7.87. The van der Waals surface area contributed by atoms with Gasteiger partial charge >= 0.3 is 11.9 Å². The summed E-state index contributed by atoms with van der Waals surface area (Å²) < 4.78 is 44.7. The minimum absolute atomic E-state index is 0.103. The molecule has 0 spiro atoms. The van der Waals surface area contributed by atoms with Crippen molar-refractivity contribution in [3.8, 4) is 0 Å². The smallest absolute Gasteiger partial charge is 0.310 e. The van der Waals surface area contributed by atoms with Crippen LogP contribution in [0.25, 0.3) is 0 Å². The van der Waals surface area contributed by atoms with Crippen molar-refractivity contribution in [3.05, 3.63) is 0 Å². The molecule has 0 saturated carbocycles. The van der Waals surface area contributed by atoms with Crippen molar-refractivity contribution in [1.82, 2.24) is 0 Å². The van der Waals surface area contributed by atoms with E-state index in [1.807, 2.05) is 0 Å². The molecule has 0 fully saturated rings. The molecule has 0 radical (unpaired) electrons. The van der Waals surface area contributed by atoms with Gasteiger partial charge in [-0.25, -0.2) is 27.1 Å². The van der Waals surface area contributed by atoms with E-state index >= 15 is 0 Å². The Bertz CT molecular complexity index is 657. The van der Waals surface area contributed by atoms with Crippen molar-refractivity contribution < 1.29 is 36.6 Å². The number of unbranched alkanes of at least 4 members (excludes halogenated alkanes) is 3. The Kier molecular flexibility index (Phi) is 8.67. The van der Waals surface area contributed by atoms with E-state index in [2.05, 4.69) is 0 Å². The van der Waals surface area contributed by atoms with Gasteiger partial charge in [0.05, 0.1) is 22.3 Å². The van der Waals surface area contributed by atoms with Crippen molar-refractivity contribution in [3.63, 3.8) is 0 Å². The van der Waals surface area contributed by atoms with E-state index < -0.39 is 54.3 Å². The number of carboxylic acid groups (broad SMARTS) is 2. The summed E-state index contributed by atoms with van der Waals surface area (Å²) in [5.41, 5.74) is -2.98. The summed E-state index contributed by atoms with van der Waals surface area (Å²) in [5, 5.41) is 28.3. The zero-order valence-corrected chi connectivity index (χ0v) is 16.6. The van der Waals surface area contributed by atoms with Gasteiger partial charge < -0.3 is 10.2 Å². The Hall–Kier alpha value is -1.24. The minimum Gasteiger partial charge on any atom is -0.481 e. The third kappa shape index (κ3) is 9.46. The van der Waals surface area contributed by atoms with Crippen molar-refractivity contribution in [2.24, 2.45) is 21.1 Å². The van der Waals surface area contributed by atoms with Gasteiger partial charge in [0.25, 0.3) is 0 Å². The van der Waals surface area contributed by atoms with Gasteiger partial charge in [-0.05, 0) is 26.7 Å². The first-order valence-corrected chi connectivity index (χ1v) is 11.4. The number of primary sulfonamides is 2. The summed E-state index contributed by atoms with van der Waals surface area (Å²) in [4.78, 5) is 22.6. The Labute approximate surface area is 154 Å². The average Bonchev–Trinajstić information content (AvgIpc) is 2.38. The molecule has 10 nitrogen and oxygen atoms in total. The van der Waals surface area contributed by atoms with Crippen LogP contribution in [-0.4, -0.2) is 50.5 Å². The molecule has 0 rings (SSSR count).